The van der Waals surface area contributed by atoms with Gasteiger partial charge in [-0.1, -0.05) is 11.6 Å². The molecule has 0 saturated carbocycles. The smallest absolute Gasteiger partial charge is 0.260 e. The molecule has 0 aliphatic carbocycles. The van der Waals surface area contributed by atoms with Crippen molar-refractivity contribution < 1.29 is 19.1 Å². The van der Waals surface area contributed by atoms with Gasteiger partial charge in [0.15, 0.2) is 13.0 Å². The Labute approximate surface area is 160 Å². The molecule has 0 N–H and O–H groups in total. The molecule has 3 aliphatic heterocycles. The molecule has 2 aromatic rings. The summed E-state index contributed by atoms with van der Waals surface area (Å²) in [5.41, 5.74) is 0.872. The molecule has 1 fully saturated rings. The first kappa shape index (κ1) is 16.4. The fourth-order valence-electron chi connectivity index (χ4n) is 3.73. The third-order valence-corrected chi connectivity index (χ3v) is 5.32. The van der Waals surface area contributed by atoms with E-state index in [-0.39, 0.29) is 24.8 Å². The van der Waals surface area contributed by atoms with Gasteiger partial charge in [-0.3, -0.25) is 14.3 Å². The maximum absolute atomic E-state index is 12.9. The van der Waals surface area contributed by atoms with Crippen LogP contribution in [-0.2, 0) is 6.54 Å². The van der Waals surface area contributed by atoms with Crippen molar-refractivity contribution in [3.63, 3.8) is 0 Å². The summed E-state index contributed by atoms with van der Waals surface area (Å²) in [6.07, 6.45) is 4.76. The first-order valence-electron chi connectivity index (χ1n) is 8.86. The van der Waals surface area contributed by atoms with E-state index < -0.39 is 0 Å². The highest BCUT2D eigenvalue weighted by molar-refractivity contribution is 6.30. The molecule has 1 atom stereocenters. The van der Waals surface area contributed by atoms with Gasteiger partial charge in [0.2, 0.25) is 0 Å². The van der Waals surface area contributed by atoms with E-state index in [1.165, 1.54) is 0 Å². The molecule has 1 aromatic carbocycles. The van der Waals surface area contributed by atoms with Crippen molar-refractivity contribution >= 4 is 23.4 Å². The van der Waals surface area contributed by atoms with Crippen LogP contribution < -0.4 is 9.47 Å². The maximum Gasteiger partial charge on any atom is 0.260 e. The maximum atomic E-state index is 12.9. The first-order valence-corrected chi connectivity index (χ1v) is 9.23. The lowest BCUT2D eigenvalue weighted by molar-refractivity contribution is 0.0283. The zero-order valence-electron chi connectivity index (χ0n) is 14.4. The third kappa shape index (κ3) is 2.71. The average molecular weight is 389 g/mol. The predicted molar refractivity (Wildman–Crippen MR) is 94.9 cm³/mol. The lowest BCUT2D eigenvalue weighted by atomic mass is 10.0. The summed E-state index contributed by atoms with van der Waals surface area (Å²) in [5, 5.41) is 4.66. The predicted octanol–water partition coefficient (Wildman–Crippen LogP) is 1.98. The quantitative estimate of drug-likeness (QED) is 0.803. The number of carbonyl (C=O) groups is 2. The number of rotatable bonds is 3. The van der Waals surface area contributed by atoms with Gasteiger partial charge in [0.25, 0.3) is 11.8 Å². The molecule has 1 unspecified atom stereocenters. The second kappa shape index (κ2) is 6.16. The van der Waals surface area contributed by atoms with Gasteiger partial charge >= 0.3 is 0 Å². The van der Waals surface area contributed by atoms with Crippen LogP contribution >= 0.6 is 11.6 Å². The van der Waals surface area contributed by atoms with E-state index in [1.54, 1.807) is 39.0 Å². The van der Waals surface area contributed by atoms with Crippen molar-refractivity contribution in [2.75, 3.05) is 19.8 Å². The van der Waals surface area contributed by atoms with Gasteiger partial charge < -0.3 is 19.3 Å². The molecule has 140 valence electrons. The molecule has 5 rings (SSSR count). The van der Waals surface area contributed by atoms with E-state index >= 15 is 0 Å². The molecular weight excluding hydrogens is 372 g/mol. The van der Waals surface area contributed by atoms with Crippen molar-refractivity contribution in [1.29, 1.82) is 0 Å². The topological polar surface area (TPSA) is 76.9 Å². The summed E-state index contributed by atoms with van der Waals surface area (Å²) < 4.78 is 13.4. The number of benzene rings is 1. The van der Waals surface area contributed by atoms with Crippen LogP contribution in [0.15, 0.2) is 24.5 Å². The Morgan fingerprint density at radius 1 is 1.15 bits per heavy atom. The van der Waals surface area contributed by atoms with Crippen LogP contribution in [0.3, 0.4) is 0 Å². The number of ether oxygens (including phenoxy) is 2. The number of hydrogen-bond acceptors (Lipinski definition) is 5. The van der Waals surface area contributed by atoms with Crippen molar-refractivity contribution in [3.05, 3.63) is 40.7 Å². The molecule has 4 heterocycles. The van der Waals surface area contributed by atoms with Crippen molar-refractivity contribution in [3.8, 4) is 11.5 Å². The summed E-state index contributed by atoms with van der Waals surface area (Å²) in [4.78, 5) is 28.9. The van der Waals surface area contributed by atoms with Gasteiger partial charge in [-0.2, -0.15) is 5.10 Å². The van der Waals surface area contributed by atoms with Gasteiger partial charge in [0.1, 0.15) is 11.5 Å². The summed E-state index contributed by atoms with van der Waals surface area (Å²) in [6.45, 7) is 1.77. The molecule has 0 spiro atoms. The van der Waals surface area contributed by atoms with Gasteiger partial charge in [0.05, 0.1) is 28.9 Å². The van der Waals surface area contributed by atoms with Crippen LogP contribution in [0.25, 0.3) is 0 Å². The second-order valence-electron chi connectivity index (χ2n) is 6.82. The largest absolute Gasteiger partial charge is 0.472 e. The van der Waals surface area contributed by atoms with Crippen LogP contribution in [0.5, 0.6) is 11.5 Å². The normalized spacial score (nSPS) is 20.7. The zero-order valence-corrected chi connectivity index (χ0v) is 15.2. The second-order valence-corrected chi connectivity index (χ2v) is 7.26. The first-order chi connectivity index (χ1) is 13.1. The zero-order chi connectivity index (χ0) is 18.5. The summed E-state index contributed by atoms with van der Waals surface area (Å²) in [6, 6.07) is 3.27. The summed E-state index contributed by atoms with van der Waals surface area (Å²) in [7, 11) is 0. The summed E-state index contributed by atoms with van der Waals surface area (Å²) in [5.74, 6) is 0.670. The Bertz CT molecular complexity index is 943. The number of halogens is 1. The van der Waals surface area contributed by atoms with Crippen LogP contribution in [0.4, 0.5) is 0 Å². The fourth-order valence-corrected chi connectivity index (χ4v) is 3.89. The molecule has 2 amide bonds. The number of aromatic nitrogens is 2. The molecule has 1 saturated heterocycles. The minimum absolute atomic E-state index is 0.0596. The molecule has 3 aliphatic rings. The van der Waals surface area contributed by atoms with Crippen LogP contribution in [0.2, 0.25) is 5.02 Å². The van der Waals surface area contributed by atoms with Gasteiger partial charge in [0, 0.05) is 25.7 Å². The van der Waals surface area contributed by atoms with E-state index in [1.807, 2.05) is 0 Å². The SMILES string of the molecule is O=C1c2cc3c(cc2OCN1CCn1cc(Cl)cn1)C(=O)N1CCCC1O3. The number of amides is 2. The number of hydrogen-bond donors (Lipinski definition) is 0. The molecule has 8 nitrogen and oxygen atoms in total. The van der Waals surface area contributed by atoms with Gasteiger partial charge in [-0.25, -0.2) is 0 Å². The molecule has 0 bridgehead atoms. The highest BCUT2D eigenvalue weighted by Crippen LogP contribution is 2.38. The number of nitrogens with zero attached hydrogens (tertiary/aromatic N) is 4. The molecule has 9 heteroatoms. The van der Waals surface area contributed by atoms with Gasteiger partial charge in [-0.15, -0.1) is 0 Å². The molecule has 0 radical (unpaired) electrons. The van der Waals surface area contributed by atoms with E-state index in [9.17, 15) is 9.59 Å². The van der Waals surface area contributed by atoms with Crippen LogP contribution in [-0.4, -0.2) is 57.4 Å². The standard InChI is InChI=1S/C18H17ClN4O4/c19-11-8-20-22(9-11)5-4-21-10-26-14-6-13-15(7-12(14)17(21)24)27-16-2-1-3-23(16)18(13)25/h6-9,16H,1-5,10H2. The highest BCUT2D eigenvalue weighted by atomic mass is 35.5. The molecule has 27 heavy (non-hydrogen) atoms. The summed E-state index contributed by atoms with van der Waals surface area (Å²) >= 11 is 5.86. The van der Waals surface area contributed by atoms with E-state index in [0.717, 1.165) is 12.8 Å². The van der Waals surface area contributed by atoms with Crippen molar-refractivity contribution in [2.45, 2.75) is 25.6 Å². The van der Waals surface area contributed by atoms with E-state index in [4.69, 9.17) is 21.1 Å². The van der Waals surface area contributed by atoms with Crippen molar-refractivity contribution in [1.82, 2.24) is 19.6 Å². The Hall–Kier alpha value is -2.74. The number of carbonyl (C=O) groups excluding carboxylic acids is 2. The van der Waals surface area contributed by atoms with Crippen molar-refractivity contribution in [2.24, 2.45) is 0 Å². The highest BCUT2D eigenvalue weighted by Gasteiger charge is 2.39. The lowest BCUT2D eigenvalue weighted by Gasteiger charge is -2.34. The molecular formula is C18H17ClN4O4. The number of fused-ring (bicyclic) bond motifs is 3. The molecule has 1 aromatic heterocycles. The third-order valence-electron chi connectivity index (χ3n) is 5.13. The fraction of sp³-hybridized carbons (Fsp3) is 0.389. The monoisotopic (exact) mass is 388 g/mol. The Morgan fingerprint density at radius 3 is 2.78 bits per heavy atom. The van der Waals surface area contributed by atoms with Crippen LogP contribution in [0, 0.1) is 0 Å². The van der Waals surface area contributed by atoms with Gasteiger partial charge in [-0.05, 0) is 18.6 Å². The lowest BCUT2D eigenvalue weighted by Crippen LogP contribution is -2.44. The minimum Gasteiger partial charge on any atom is -0.472 e. The minimum atomic E-state index is -0.233. The Morgan fingerprint density at radius 2 is 1.96 bits per heavy atom. The Kier molecular flexibility index (Phi) is 3.75. The average Bonchev–Trinajstić information content (AvgIpc) is 3.29. The van der Waals surface area contributed by atoms with E-state index in [0.29, 0.717) is 47.3 Å². The Balaban J connectivity index is 1.39. The van der Waals surface area contributed by atoms with Crippen LogP contribution in [0.1, 0.15) is 33.6 Å². The van der Waals surface area contributed by atoms with E-state index in [2.05, 4.69) is 5.10 Å².